The van der Waals surface area contributed by atoms with Gasteiger partial charge in [0.25, 0.3) is 0 Å². The molecule has 0 fully saturated rings. The van der Waals surface area contributed by atoms with Crippen LogP contribution in [0.1, 0.15) is 33.3 Å². The van der Waals surface area contributed by atoms with E-state index in [0.717, 1.165) is 0 Å². The first kappa shape index (κ1) is 15.6. The Bertz CT molecular complexity index is 489. The van der Waals surface area contributed by atoms with Gasteiger partial charge in [-0.2, -0.15) is 4.40 Å². The average molecular weight is 281 g/mol. The van der Waals surface area contributed by atoms with Crippen molar-refractivity contribution in [2.24, 2.45) is 4.40 Å². The van der Waals surface area contributed by atoms with E-state index < -0.39 is 21.7 Å². The molecule has 1 rings (SSSR count). The van der Waals surface area contributed by atoms with Gasteiger partial charge in [-0.15, -0.1) is 0 Å². The van der Waals surface area contributed by atoms with Gasteiger partial charge in [-0.25, -0.2) is 9.00 Å². The first-order chi connectivity index (χ1) is 8.86. The Hall–Kier alpha value is -1.49. The molecular weight excluding hydrogens is 262 g/mol. The molecule has 5 heteroatoms. The van der Waals surface area contributed by atoms with Crippen molar-refractivity contribution < 1.29 is 13.7 Å². The summed E-state index contributed by atoms with van der Waals surface area (Å²) in [5.74, 6) is -0.550. The molecule has 0 aliphatic carbocycles. The molecule has 0 aliphatic heterocycles. The highest BCUT2D eigenvalue weighted by Crippen LogP contribution is 2.14. The number of rotatable bonds is 4. The summed E-state index contributed by atoms with van der Waals surface area (Å²) >= 11 is 0. The summed E-state index contributed by atoms with van der Waals surface area (Å²) in [6.07, 6.45) is 0. The van der Waals surface area contributed by atoms with E-state index in [-0.39, 0.29) is 12.3 Å². The van der Waals surface area contributed by atoms with Crippen molar-refractivity contribution in [2.75, 3.05) is 6.61 Å². The van der Waals surface area contributed by atoms with E-state index >= 15 is 0 Å². The van der Waals surface area contributed by atoms with Crippen LogP contribution in [-0.4, -0.2) is 27.2 Å². The number of hydrogen-bond acceptors (Lipinski definition) is 3. The third kappa shape index (κ3) is 4.59. The second kappa shape index (κ2) is 6.61. The maximum atomic E-state index is 12.1. The summed E-state index contributed by atoms with van der Waals surface area (Å²) in [5, 5.41) is 0. The largest absolute Gasteiger partial charge is 0.461 e. The molecule has 0 unspecified atom stereocenters. The van der Waals surface area contributed by atoms with Crippen molar-refractivity contribution in [3.63, 3.8) is 0 Å². The van der Waals surface area contributed by atoms with Gasteiger partial charge in [0.1, 0.15) is 11.0 Å². The molecule has 0 spiro atoms. The highest BCUT2D eigenvalue weighted by Gasteiger charge is 2.23. The van der Waals surface area contributed by atoms with Crippen molar-refractivity contribution in [3.8, 4) is 0 Å². The lowest BCUT2D eigenvalue weighted by Crippen LogP contribution is -2.25. The molecule has 4 nitrogen and oxygen atoms in total. The van der Waals surface area contributed by atoms with Crippen molar-refractivity contribution in [1.82, 2.24) is 0 Å². The second-order valence-electron chi connectivity index (χ2n) is 4.89. The van der Waals surface area contributed by atoms with Gasteiger partial charge in [0.05, 0.1) is 11.4 Å². The van der Waals surface area contributed by atoms with E-state index in [9.17, 15) is 9.00 Å². The molecule has 0 saturated carbocycles. The van der Waals surface area contributed by atoms with Gasteiger partial charge in [-0.3, -0.25) is 0 Å². The third-order valence-corrected chi connectivity index (χ3v) is 3.61. The van der Waals surface area contributed by atoms with Crippen molar-refractivity contribution >= 4 is 22.7 Å². The Labute approximate surface area is 116 Å². The van der Waals surface area contributed by atoms with E-state index in [1.54, 1.807) is 52.0 Å². The van der Waals surface area contributed by atoms with E-state index in [1.807, 2.05) is 6.07 Å². The first-order valence-electron chi connectivity index (χ1n) is 6.09. The SMILES string of the molecule is CCOC(=O)/C(=N/[S@](=O)C(C)(C)C)c1ccccc1. The Morgan fingerprint density at radius 1 is 1.26 bits per heavy atom. The molecule has 0 aromatic heterocycles. The average Bonchev–Trinajstić information content (AvgIpc) is 2.35. The van der Waals surface area contributed by atoms with Gasteiger partial charge in [-0.1, -0.05) is 30.3 Å². The molecule has 0 aliphatic rings. The van der Waals surface area contributed by atoms with Gasteiger partial charge in [0.15, 0.2) is 5.71 Å². The predicted octanol–water partition coefficient (Wildman–Crippen LogP) is 2.50. The zero-order valence-electron chi connectivity index (χ0n) is 11.7. The third-order valence-electron chi connectivity index (χ3n) is 2.21. The zero-order valence-corrected chi connectivity index (χ0v) is 12.5. The van der Waals surface area contributed by atoms with Crippen molar-refractivity contribution in [1.29, 1.82) is 0 Å². The predicted molar refractivity (Wildman–Crippen MR) is 77.5 cm³/mol. The van der Waals surface area contributed by atoms with Crippen LogP contribution in [0.4, 0.5) is 0 Å². The van der Waals surface area contributed by atoms with Crippen LogP contribution < -0.4 is 0 Å². The van der Waals surface area contributed by atoms with Crippen LogP contribution in [-0.2, 0) is 20.5 Å². The minimum Gasteiger partial charge on any atom is -0.461 e. The smallest absolute Gasteiger partial charge is 0.358 e. The Morgan fingerprint density at radius 3 is 2.32 bits per heavy atom. The number of benzene rings is 1. The summed E-state index contributed by atoms with van der Waals surface area (Å²) in [6, 6.07) is 8.92. The molecule has 0 bridgehead atoms. The highest BCUT2D eigenvalue weighted by atomic mass is 32.2. The molecule has 104 valence electrons. The van der Waals surface area contributed by atoms with E-state index in [0.29, 0.717) is 5.56 Å². The minimum absolute atomic E-state index is 0.107. The van der Waals surface area contributed by atoms with Crippen LogP contribution in [0.15, 0.2) is 34.7 Å². The quantitative estimate of drug-likeness (QED) is 0.629. The molecule has 0 radical (unpaired) electrons. The van der Waals surface area contributed by atoms with E-state index in [2.05, 4.69) is 4.40 Å². The fraction of sp³-hybridized carbons (Fsp3) is 0.429. The second-order valence-corrected chi connectivity index (χ2v) is 6.79. The first-order valence-corrected chi connectivity index (χ1v) is 7.20. The highest BCUT2D eigenvalue weighted by molar-refractivity contribution is 7.85. The molecule has 0 amide bonds. The van der Waals surface area contributed by atoms with E-state index in [4.69, 9.17) is 4.74 Å². The number of carbonyl (C=O) groups excluding carboxylic acids is 1. The van der Waals surface area contributed by atoms with Gasteiger partial charge in [0, 0.05) is 5.56 Å². The van der Waals surface area contributed by atoms with Gasteiger partial charge >= 0.3 is 5.97 Å². The molecule has 1 aromatic rings. The zero-order chi connectivity index (χ0) is 14.5. The van der Waals surface area contributed by atoms with Gasteiger partial charge < -0.3 is 4.74 Å². The molecule has 1 aromatic carbocycles. The Morgan fingerprint density at radius 2 is 1.84 bits per heavy atom. The minimum atomic E-state index is -1.50. The lowest BCUT2D eigenvalue weighted by molar-refractivity contribution is -0.134. The number of ether oxygens (including phenoxy) is 1. The van der Waals surface area contributed by atoms with Crippen molar-refractivity contribution in [3.05, 3.63) is 35.9 Å². The van der Waals surface area contributed by atoms with Crippen LogP contribution in [0.2, 0.25) is 0 Å². The molecular formula is C14H19NO3S. The van der Waals surface area contributed by atoms with Crippen LogP contribution in [0.3, 0.4) is 0 Å². The van der Waals surface area contributed by atoms with Gasteiger partial charge in [0.2, 0.25) is 0 Å². The Kier molecular flexibility index (Phi) is 5.42. The van der Waals surface area contributed by atoms with Crippen molar-refractivity contribution in [2.45, 2.75) is 32.4 Å². The number of hydrogen-bond donors (Lipinski definition) is 0. The monoisotopic (exact) mass is 281 g/mol. The van der Waals surface area contributed by atoms with E-state index in [1.165, 1.54) is 0 Å². The van der Waals surface area contributed by atoms with Crippen LogP contribution in [0.5, 0.6) is 0 Å². The summed E-state index contributed by atoms with van der Waals surface area (Å²) in [5.41, 5.74) is 0.717. The number of esters is 1. The molecule has 0 heterocycles. The maximum Gasteiger partial charge on any atom is 0.358 e. The summed E-state index contributed by atoms with van der Waals surface area (Å²) < 4.78 is 20.6. The maximum absolute atomic E-state index is 12.1. The number of carbonyl (C=O) groups is 1. The van der Waals surface area contributed by atoms with Crippen LogP contribution >= 0.6 is 0 Å². The summed E-state index contributed by atoms with van der Waals surface area (Å²) in [6.45, 7) is 7.40. The topological polar surface area (TPSA) is 55.7 Å². The normalized spacial score (nSPS) is 14.0. The van der Waals surface area contributed by atoms with Crippen LogP contribution in [0, 0.1) is 0 Å². The summed E-state index contributed by atoms with van der Waals surface area (Å²) in [7, 11) is -1.50. The molecule has 0 N–H and O–H groups in total. The standard InChI is InChI=1S/C14H19NO3S/c1-5-18-13(16)12(11-9-7-6-8-10-11)15-19(17)14(2,3)4/h6-10H,5H2,1-4H3/b15-12+/t19-/m1/s1. The molecule has 1 atom stereocenters. The molecule has 19 heavy (non-hydrogen) atoms. The fourth-order valence-electron chi connectivity index (χ4n) is 1.22. The lowest BCUT2D eigenvalue weighted by Gasteiger charge is -2.14. The van der Waals surface area contributed by atoms with Crippen LogP contribution in [0.25, 0.3) is 0 Å². The number of nitrogens with zero attached hydrogens (tertiary/aromatic N) is 1. The Balaban J connectivity index is 3.18. The lowest BCUT2D eigenvalue weighted by atomic mass is 10.1. The summed E-state index contributed by atoms with van der Waals surface area (Å²) in [4.78, 5) is 11.9. The molecule has 0 saturated heterocycles. The van der Waals surface area contributed by atoms with Gasteiger partial charge in [-0.05, 0) is 27.7 Å². The fourth-order valence-corrected chi connectivity index (χ4v) is 1.84.